The largest absolute Gasteiger partial charge is 0.480 e. The summed E-state index contributed by atoms with van der Waals surface area (Å²) >= 11 is 0. The van der Waals surface area contributed by atoms with Crippen LogP contribution in [-0.4, -0.2) is 40.0 Å². The average Bonchev–Trinajstić information content (AvgIpc) is 2.46. The number of pyridine rings is 1. The number of nitrogens with one attached hydrogen (secondary N) is 2. The fourth-order valence-electron chi connectivity index (χ4n) is 1.98. The second-order valence-corrected chi connectivity index (χ2v) is 5.58. The van der Waals surface area contributed by atoms with Crippen molar-refractivity contribution in [1.82, 2.24) is 15.2 Å². The van der Waals surface area contributed by atoms with Crippen molar-refractivity contribution < 1.29 is 19.5 Å². The average molecular weight is 323 g/mol. The van der Waals surface area contributed by atoms with Gasteiger partial charge in [0.1, 0.15) is 11.7 Å². The summed E-state index contributed by atoms with van der Waals surface area (Å²) in [7, 11) is 1.44. The molecule has 0 aliphatic carbocycles. The van der Waals surface area contributed by atoms with E-state index in [2.05, 4.69) is 10.6 Å². The molecule has 8 heteroatoms. The van der Waals surface area contributed by atoms with Gasteiger partial charge in [0.15, 0.2) is 0 Å². The molecule has 1 rings (SSSR count). The van der Waals surface area contributed by atoms with Gasteiger partial charge in [0.2, 0.25) is 5.91 Å². The third kappa shape index (κ3) is 5.57. The van der Waals surface area contributed by atoms with Crippen LogP contribution in [0.4, 0.5) is 0 Å². The minimum absolute atomic E-state index is 0.102. The van der Waals surface area contributed by atoms with Gasteiger partial charge in [-0.15, -0.1) is 0 Å². The molecule has 0 bridgehead atoms. The van der Waals surface area contributed by atoms with Crippen LogP contribution in [0.25, 0.3) is 0 Å². The van der Waals surface area contributed by atoms with Gasteiger partial charge in [-0.05, 0) is 18.4 Å². The molecular weight excluding hydrogens is 302 g/mol. The monoisotopic (exact) mass is 323 g/mol. The minimum Gasteiger partial charge on any atom is -0.480 e. The number of hydrogen-bond donors (Lipinski definition) is 3. The summed E-state index contributed by atoms with van der Waals surface area (Å²) in [4.78, 5) is 46.2. The Morgan fingerprint density at radius 1 is 1.26 bits per heavy atom. The Kier molecular flexibility index (Phi) is 6.49. The molecule has 23 heavy (non-hydrogen) atoms. The quantitative estimate of drug-likeness (QED) is 0.638. The van der Waals surface area contributed by atoms with Gasteiger partial charge in [-0.25, -0.2) is 4.79 Å². The van der Waals surface area contributed by atoms with Crippen LogP contribution in [0.2, 0.25) is 0 Å². The molecule has 8 nitrogen and oxygen atoms in total. The molecule has 0 unspecified atom stereocenters. The predicted octanol–water partition coefficient (Wildman–Crippen LogP) is -0.269. The molecule has 0 aliphatic rings. The molecule has 0 saturated carbocycles. The van der Waals surface area contributed by atoms with Crippen LogP contribution in [0.5, 0.6) is 0 Å². The lowest BCUT2D eigenvalue weighted by atomic mass is 10.0. The number of aromatic nitrogens is 1. The molecule has 2 amide bonds. The van der Waals surface area contributed by atoms with Gasteiger partial charge in [-0.2, -0.15) is 0 Å². The fraction of sp³-hybridized carbons (Fsp3) is 0.467. The van der Waals surface area contributed by atoms with E-state index in [1.165, 1.54) is 25.2 Å². The Morgan fingerprint density at radius 3 is 2.48 bits per heavy atom. The summed E-state index contributed by atoms with van der Waals surface area (Å²) in [6.07, 6.45) is 0.294. The number of carboxylic acids is 1. The van der Waals surface area contributed by atoms with Crippen LogP contribution in [-0.2, 0) is 16.6 Å². The third-order valence-corrected chi connectivity index (χ3v) is 3.17. The Hall–Kier alpha value is -2.64. The summed E-state index contributed by atoms with van der Waals surface area (Å²) in [6, 6.07) is 3.21. The van der Waals surface area contributed by atoms with Crippen LogP contribution in [0.3, 0.4) is 0 Å². The Morgan fingerprint density at radius 2 is 1.91 bits per heavy atom. The van der Waals surface area contributed by atoms with Crippen molar-refractivity contribution in [3.8, 4) is 0 Å². The second-order valence-electron chi connectivity index (χ2n) is 5.58. The number of carbonyl (C=O) groups is 3. The van der Waals surface area contributed by atoms with Gasteiger partial charge in [0.25, 0.3) is 11.5 Å². The molecule has 0 aromatic carbocycles. The molecule has 1 aromatic rings. The van der Waals surface area contributed by atoms with Crippen molar-refractivity contribution in [3.05, 3.63) is 34.2 Å². The van der Waals surface area contributed by atoms with Crippen LogP contribution in [0, 0.1) is 5.92 Å². The predicted molar refractivity (Wildman–Crippen MR) is 83.0 cm³/mol. The SMILES string of the molecule is CC(C)C[C@H](NC(=O)CNC(=O)c1cccc(=O)n1C)C(=O)O. The highest BCUT2D eigenvalue weighted by molar-refractivity contribution is 5.95. The third-order valence-electron chi connectivity index (χ3n) is 3.17. The highest BCUT2D eigenvalue weighted by atomic mass is 16.4. The summed E-state index contributed by atoms with van der Waals surface area (Å²) in [6.45, 7) is 3.32. The van der Waals surface area contributed by atoms with Gasteiger partial charge >= 0.3 is 5.97 Å². The molecule has 1 heterocycles. The number of hydrogen-bond acceptors (Lipinski definition) is 4. The molecule has 0 radical (unpaired) electrons. The molecule has 126 valence electrons. The van der Waals surface area contributed by atoms with Crippen molar-refractivity contribution in [2.45, 2.75) is 26.3 Å². The molecule has 0 saturated heterocycles. The molecule has 0 aliphatic heterocycles. The molecule has 1 aromatic heterocycles. The zero-order valence-corrected chi connectivity index (χ0v) is 13.3. The maximum atomic E-state index is 12.0. The second kappa shape index (κ2) is 8.11. The first kappa shape index (κ1) is 18.4. The van der Waals surface area contributed by atoms with Crippen molar-refractivity contribution in [1.29, 1.82) is 0 Å². The van der Waals surface area contributed by atoms with E-state index in [1.54, 1.807) is 0 Å². The van der Waals surface area contributed by atoms with Crippen LogP contribution >= 0.6 is 0 Å². The molecule has 0 spiro atoms. The van der Waals surface area contributed by atoms with Gasteiger partial charge in [-0.3, -0.25) is 14.4 Å². The highest BCUT2D eigenvalue weighted by Gasteiger charge is 2.21. The van der Waals surface area contributed by atoms with Crippen molar-refractivity contribution >= 4 is 17.8 Å². The zero-order chi connectivity index (χ0) is 17.6. The van der Waals surface area contributed by atoms with Crippen LogP contribution < -0.4 is 16.2 Å². The van der Waals surface area contributed by atoms with Crippen molar-refractivity contribution in [3.63, 3.8) is 0 Å². The standard InChI is InChI=1S/C15H21N3O5/c1-9(2)7-10(15(22)23)17-12(19)8-16-14(21)11-5-4-6-13(20)18(11)3/h4-6,9-10H,7-8H2,1-3H3,(H,16,21)(H,17,19)(H,22,23)/t10-/m0/s1. The van der Waals surface area contributed by atoms with Gasteiger partial charge in [0.05, 0.1) is 6.54 Å². The fourth-order valence-corrected chi connectivity index (χ4v) is 1.98. The Labute approximate surface area is 133 Å². The van der Waals surface area contributed by atoms with Crippen molar-refractivity contribution in [2.75, 3.05) is 6.54 Å². The first-order valence-electron chi connectivity index (χ1n) is 7.18. The van der Waals surface area contributed by atoms with Crippen LogP contribution in [0.15, 0.2) is 23.0 Å². The Bertz CT molecular complexity index is 651. The first-order chi connectivity index (χ1) is 10.7. The molecule has 3 N–H and O–H groups in total. The lowest BCUT2D eigenvalue weighted by Gasteiger charge is -2.16. The maximum absolute atomic E-state index is 12.0. The lowest BCUT2D eigenvalue weighted by Crippen LogP contribution is -2.46. The highest BCUT2D eigenvalue weighted by Crippen LogP contribution is 2.04. The maximum Gasteiger partial charge on any atom is 0.326 e. The molecular formula is C15H21N3O5. The lowest BCUT2D eigenvalue weighted by molar-refractivity contribution is -0.142. The zero-order valence-electron chi connectivity index (χ0n) is 13.3. The van der Waals surface area contributed by atoms with E-state index in [0.717, 1.165) is 4.57 Å². The van der Waals surface area contributed by atoms with E-state index in [4.69, 9.17) is 5.11 Å². The number of aliphatic carboxylic acids is 1. The van der Waals surface area contributed by atoms with E-state index in [0.29, 0.717) is 6.42 Å². The van der Waals surface area contributed by atoms with Gasteiger partial charge in [0, 0.05) is 13.1 Å². The smallest absolute Gasteiger partial charge is 0.326 e. The topological polar surface area (TPSA) is 118 Å². The Balaban J connectivity index is 2.61. The summed E-state index contributed by atoms with van der Waals surface area (Å²) in [5.74, 6) is -2.21. The first-order valence-corrected chi connectivity index (χ1v) is 7.18. The number of carbonyl (C=O) groups excluding carboxylic acids is 2. The van der Waals surface area contributed by atoms with E-state index in [9.17, 15) is 19.2 Å². The number of carboxylic acid groups (broad SMARTS) is 1. The van der Waals surface area contributed by atoms with E-state index in [1.807, 2.05) is 13.8 Å². The number of amides is 2. The number of rotatable bonds is 7. The summed E-state index contributed by atoms with van der Waals surface area (Å²) in [5.41, 5.74) is -0.229. The summed E-state index contributed by atoms with van der Waals surface area (Å²) < 4.78 is 1.16. The minimum atomic E-state index is -1.12. The summed E-state index contributed by atoms with van der Waals surface area (Å²) in [5, 5.41) is 13.8. The van der Waals surface area contributed by atoms with E-state index in [-0.39, 0.29) is 23.7 Å². The van der Waals surface area contributed by atoms with Crippen LogP contribution in [0.1, 0.15) is 30.8 Å². The van der Waals surface area contributed by atoms with Gasteiger partial charge in [-0.1, -0.05) is 19.9 Å². The number of nitrogens with zero attached hydrogens (tertiary/aromatic N) is 1. The van der Waals surface area contributed by atoms with E-state index < -0.39 is 23.8 Å². The molecule has 1 atom stereocenters. The molecule has 0 fully saturated rings. The van der Waals surface area contributed by atoms with E-state index >= 15 is 0 Å². The van der Waals surface area contributed by atoms with Crippen molar-refractivity contribution in [2.24, 2.45) is 13.0 Å². The van der Waals surface area contributed by atoms with Gasteiger partial charge < -0.3 is 20.3 Å². The normalized spacial score (nSPS) is 11.8.